The second kappa shape index (κ2) is 6.42. The number of ether oxygens (including phenoxy) is 1. The van der Waals surface area contributed by atoms with Crippen LogP contribution in [0, 0.1) is 6.92 Å². The van der Waals surface area contributed by atoms with Crippen LogP contribution in [0.4, 0.5) is 0 Å². The predicted octanol–water partition coefficient (Wildman–Crippen LogP) is 1.44. The van der Waals surface area contributed by atoms with Crippen molar-refractivity contribution >= 4 is 21.4 Å². The van der Waals surface area contributed by atoms with E-state index in [1.165, 1.54) is 11.4 Å². The number of aromatic nitrogens is 1. The number of benzene rings is 1. The van der Waals surface area contributed by atoms with E-state index in [0.29, 0.717) is 22.8 Å². The molecule has 1 heterocycles. The number of likely N-dealkylation sites (N-methyl/N-ethyl adjacent to an activating group) is 1. The summed E-state index contributed by atoms with van der Waals surface area (Å²) >= 11 is 0.698. The van der Waals surface area contributed by atoms with Gasteiger partial charge in [0, 0.05) is 19.3 Å². The van der Waals surface area contributed by atoms with Crippen LogP contribution in [0.5, 0.6) is 5.75 Å². The van der Waals surface area contributed by atoms with Crippen LogP contribution in [-0.4, -0.2) is 37.9 Å². The Morgan fingerprint density at radius 3 is 2.52 bits per heavy atom. The first kappa shape index (κ1) is 15.7. The Bertz CT molecular complexity index is 750. The van der Waals surface area contributed by atoms with Crippen LogP contribution < -0.4 is 9.61 Å². The number of rotatable bonds is 6. The molecular formula is C13H16N2O4S2. The topological polar surface area (TPSA) is 79.5 Å². The van der Waals surface area contributed by atoms with Gasteiger partial charge in [-0.25, -0.2) is 8.42 Å². The molecule has 6 nitrogen and oxygen atoms in total. The zero-order valence-corrected chi connectivity index (χ0v) is 13.3. The molecule has 0 aliphatic carbocycles. The van der Waals surface area contributed by atoms with Crippen LogP contribution in [0.25, 0.3) is 0 Å². The zero-order chi connectivity index (χ0) is 15.5. The Hall–Kier alpha value is -1.64. The SMILES string of the molecule is Cc1[nH]c(=O)sc1S(=O)(=O)N(C)CCOc1ccccc1. The number of para-hydroxylation sites is 1. The monoisotopic (exact) mass is 328 g/mol. The van der Waals surface area contributed by atoms with Gasteiger partial charge < -0.3 is 9.72 Å². The molecule has 0 amide bonds. The largest absolute Gasteiger partial charge is 0.492 e. The third-order valence-corrected chi connectivity index (χ3v) is 6.28. The molecule has 0 fully saturated rings. The van der Waals surface area contributed by atoms with E-state index in [0.717, 1.165) is 0 Å². The number of aryl methyl sites for hydroxylation is 1. The van der Waals surface area contributed by atoms with Crippen molar-refractivity contribution in [2.24, 2.45) is 0 Å². The lowest BCUT2D eigenvalue weighted by molar-refractivity contribution is 0.287. The van der Waals surface area contributed by atoms with Crippen molar-refractivity contribution < 1.29 is 13.2 Å². The van der Waals surface area contributed by atoms with E-state index in [-0.39, 0.29) is 22.2 Å². The number of aromatic amines is 1. The maximum Gasteiger partial charge on any atom is 0.305 e. The summed E-state index contributed by atoms with van der Waals surface area (Å²) in [5, 5.41) is 0. The maximum absolute atomic E-state index is 12.3. The van der Waals surface area contributed by atoms with Gasteiger partial charge in [0.2, 0.25) is 0 Å². The van der Waals surface area contributed by atoms with Gasteiger partial charge >= 0.3 is 4.87 Å². The minimum atomic E-state index is -3.66. The van der Waals surface area contributed by atoms with Crippen molar-refractivity contribution in [3.8, 4) is 5.75 Å². The quantitative estimate of drug-likeness (QED) is 0.870. The van der Waals surface area contributed by atoms with Gasteiger partial charge in [0.15, 0.2) is 4.21 Å². The number of nitrogens with zero attached hydrogens (tertiary/aromatic N) is 1. The van der Waals surface area contributed by atoms with Gasteiger partial charge in [-0.15, -0.1) is 0 Å². The lowest BCUT2D eigenvalue weighted by atomic mass is 10.3. The van der Waals surface area contributed by atoms with Crippen molar-refractivity contribution in [3.05, 3.63) is 45.7 Å². The molecule has 8 heteroatoms. The minimum Gasteiger partial charge on any atom is -0.492 e. The van der Waals surface area contributed by atoms with E-state index in [1.807, 2.05) is 18.2 Å². The third-order valence-electron chi connectivity index (χ3n) is 2.84. The molecule has 0 bridgehead atoms. The molecule has 0 aliphatic heterocycles. The summed E-state index contributed by atoms with van der Waals surface area (Å²) < 4.78 is 31.4. The molecule has 1 aromatic heterocycles. The first-order chi connectivity index (χ1) is 9.91. The molecule has 21 heavy (non-hydrogen) atoms. The predicted molar refractivity (Wildman–Crippen MR) is 81.4 cm³/mol. The fourth-order valence-corrected chi connectivity index (χ4v) is 4.35. The average Bonchev–Trinajstić information content (AvgIpc) is 2.79. The van der Waals surface area contributed by atoms with Crippen molar-refractivity contribution in [2.75, 3.05) is 20.2 Å². The standard InChI is InChI=1S/C13H16N2O4S2/c1-10-12(20-13(16)14-10)21(17,18)15(2)8-9-19-11-6-4-3-5-7-11/h3-7H,8-9H2,1-2H3,(H,14,16). The molecule has 0 spiro atoms. The molecule has 1 N–H and O–H groups in total. The molecule has 114 valence electrons. The summed E-state index contributed by atoms with van der Waals surface area (Å²) in [6.07, 6.45) is 0. The summed E-state index contributed by atoms with van der Waals surface area (Å²) in [5.74, 6) is 0.686. The Kier molecular flexibility index (Phi) is 4.81. The molecule has 0 saturated heterocycles. The summed E-state index contributed by atoms with van der Waals surface area (Å²) in [7, 11) is -2.20. The fourth-order valence-electron chi connectivity index (χ4n) is 1.71. The van der Waals surface area contributed by atoms with E-state index in [2.05, 4.69) is 4.98 Å². The molecule has 0 saturated carbocycles. The van der Waals surface area contributed by atoms with E-state index >= 15 is 0 Å². The smallest absolute Gasteiger partial charge is 0.305 e. The molecule has 0 aliphatic rings. The van der Waals surface area contributed by atoms with E-state index in [1.54, 1.807) is 19.1 Å². The summed E-state index contributed by atoms with van der Waals surface area (Å²) in [5.41, 5.74) is 0.362. The van der Waals surface area contributed by atoms with Crippen LogP contribution in [0.3, 0.4) is 0 Å². The molecule has 0 unspecified atom stereocenters. The number of nitrogens with one attached hydrogen (secondary N) is 1. The number of hydrogen-bond donors (Lipinski definition) is 1. The van der Waals surface area contributed by atoms with Gasteiger partial charge in [0.1, 0.15) is 12.4 Å². The van der Waals surface area contributed by atoms with Gasteiger partial charge in [0.25, 0.3) is 10.0 Å². The van der Waals surface area contributed by atoms with Crippen molar-refractivity contribution in [1.29, 1.82) is 0 Å². The fraction of sp³-hybridized carbons (Fsp3) is 0.308. The second-order valence-electron chi connectivity index (χ2n) is 4.42. The Morgan fingerprint density at radius 1 is 1.29 bits per heavy atom. The number of thiazole rings is 1. The van der Waals surface area contributed by atoms with Crippen molar-refractivity contribution in [2.45, 2.75) is 11.1 Å². The maximum atomic E-state index is 12.3. The van der Waals surface area contributed by atoms with Gasteiger partial charge in [-0.05, 0) is 19.1 Å². The van der Waals surface area contributed by atoms with Gasteiger partial charge in [-0.2, -0.15) is 4.31 Å². The molecule has 0 radical (unpaired) electrons. The molecule has 0 atom stereocenters. The number of hydrogen-bond acceptors (Lipinski definition) is 5. The van der Waals surface area contributed by atoms with Crippen molar-refractivity contribution in [1.82, 2.24) is 9.29 Å². The second-order valence-corrected chi connectivity index (χ2v) is 7.64. The van der Waals surface area contributed by atoms with Crippen LogP contribution in [0.15, 0.2) is 39.3 Å². The average molecular weight is 328 g/mol. The van der Waals surface area contributed by atoms with Crippen LogP contribution in [0.1, 0.15) is 5.69 Å². The summed E-state index contributed by atoms with van der Waals surface area (Å²) in [6, 6.07) is 9.17. The van der Waals surface area contributed by atoms with E-state index in [9.17, 15) is 13.2 Å². The van der Waals surface area contributed by atoms with Crippen LogP contribution >= 0.6 is 11.3 Å². The molecular weight excluding hydrogens is 312 g/mol. The lowest BCUT2D eigenvalue weighted by Crippen LogP contribution is -2.30. The van der Waals surface area contributed by atoms with Crippen LogP contribution in [0.2, 0.25) is 0 Å². The summed E-state index contributed by atoms with van der Waals surface area (Å²) in [4.78, 5) is 13.3. The Morgan fingerprint density at radius 2 is 1.95 bits per heavy atom. The summed E-state index contributed by atoms with van der Waals surface area (Å²) in [6.45, 7) is 2.00. The third kappa shape index (κ3) is 3.72. The normalized spacial score (nSPS) is 11.8. The lowest BCUT2D eigenvalue weighted by Gasteiger charge is -2.16. The first-order valence-electron chi connectivity index (χ1n) is 6.25. The Labute approximate surface area is 127 Å². The first-order valence-corrected chi connectivity index (χ1v) is 8.51. The minimum absolute atomic E-state index is 0.0507. The highest BCUT2D eigenvalue weighted by Gasteiger charge is 2.25. The van der Waals surface area contributed by atoms with Gasteiger partial charge in [-0.1, -0.05) is 29.5 Å². The molecule has 2 aromatic rings. The molecule has 2 rings (SSSR count). The van der Waals surface area contributed by atoms with Gasteiger partial charge in [-0.3, -0.25) is 4.79 Å². The number of H-pyrrole nitrogens is 1. The van der Waals surface area contributed by atoms with E-state index in [4.69, 9.17) is 4.74 Å². The highest BCUT2D eigenvalue weighted by molar-refractivity contribution is 7.91. The number of sulfonamides is 1. The highest BCUT2D eigenvalue weighted by atomic mass is 32.2. The van der Waals surface area contributed by atoms with Crippen LogP contribution in [-0.2, 0) is 10.0 Å². The highest BCUT2D eigenvalue weighted by Crippen LogP contribution is 2.19. The molecule has 1 aromatic carbocycles. The van der Waals surface area contributed by atoms with E-state index < -0.39 is 10.0 Å². The van der Waals surface area contributed by atoms with Gasteiger partial charge in [0.05, 0.1) is 0 Å². The zero-order valence-electron chi connectivity index (χ0n) is 11.7. The Balaban J connectivity index is 2.01. The van der Waals surface area contributed by atoms with Crippen molar-refractivity contribution in [3.63, 3.8) is 0 Å².